The van der Waals surface area contributed by atoms with Crippen LogP contribution in [0.5, 0.6) is 0 Å². The number of imidazole rings is 1. The van der Waals surface area contributed by atoms with Crippen molar-refractivity contribution in [1.29, 1.82) is 0 Å². The normalized spacial score (nSPS) is 14.6. The summed E-state index contributed by atoms with van der Waals surface area (Å²) in [5.74, 6) is -0.412. The van der Waals surface area contributed by atoms with E-state index in [0.717, 1.165) is 29.6 Å². The molecule has 0 spiro atoms. The Labute approximate surface area is 196 Å². The number of hydrogen-bond donors (Lipinski definition) is 1. The molecule has 0 saturated carbocycles. The monoisotopic (exact) mass is 480 g/mol. The lowest BCUT2D eigenvalue weighted by molar-refractivity contribution is 0.102. The molecule has 2 heterocycles. The Morgan fingerprint density at radius 1 is 0.970 bits per heavy atom. The van der Waals surface area contributed by atoms with Gasteiger partial charge < -0.3 is 5.32 Å². The minimum absolute atomic E-state index is 0.0407. The van der Waals surface area contributed by atoms with Crippen molar-refractivity contribution >= 4 is 44.3 Å². The van der Waals surface area contributed by atoms with Crippen molar-refractivity contribution < 1.29 is 13.2 Å². The van der Waals surface area contributed by atoms with E-state index in [-0.39, 0.29) is 15.5 Å². The maximum absolute atomic E-state index is 12.9. The first-order valence-corrected chi connectivity index (χ1v) is 12.4. The van der Waals surface area contributed by atoms with E-state index in [2.05, 4.69) is 10.3 Å². The zero-order valence-corrected chi connectivity index (χ0v) is 19.2. The molecule has 33 heavy (non-hydrogen) atoms. The van der Waals surface area contributed by atoms with E-state index in [4.69, 9.17) is 11.6 Å². The summed E-state index contributed by atoms with van der Waals surface area (Å²) in [5, 5.41) is 2.93. The minimum Gasteiger partial charge on any atom is -0.322 e. The molecule has 7 nitrogen and oxygen atoms in total. The van der Waals surface area contributed by atoms with Crippen LogP contribution in [-0.2, 0) is 10.0 Å². The van der Waals surface area contributed by atoms with Gasteiger partial charge in [-0.05, 0) is 67.4 Å². The first kappa shape index (κ1) is 21.6. The molecule has 0 bridgehead atoms. The minimum atomic E-state index is -3.73. The quantitative estimate of drug-likeness (QED) is 0.448. The van der Waals surface area contributed by atoms with Crippen molar-refractivity contribution in [3.63, 3.8) is 0 Å². The van der Waals surface area contributed by atoms with E-state index in [1.165, 1.54) is 22.5 Å². The van der Waals surface area contributed by atoms with Gasteiger partial charge in [-0.3, -0.25) is 9.36 Å². The van der Waals surface area contributed by atoms with Crippen LogP contribution in [-0.4, -0.2) is 41.3 Å². The van der Waals surface area contributed by atoms with Gasteiger partial charge in [0.25, 0.3) is 5.91 Å². The van der Waals surface area contributed by atoms with Crippen molar-refractivity contribution in [3.05, 3.63) is 83.6 Å². The number of amides is 1. The molecule has 1 N–H and O–H groups in total. The molecule has 0 radical (unpaired) electrons. The topological polar surface area (TPSA) is 84.3 Å². The number of carbonyl (C=O) groups is 1. The van der Waals surface area contributed by atoms with Gasteiger partial charge in [0.2, 0.25) is 10.0 Å². The van der Waals surface area contributed by atoms with E-state index < -0.39 is 15.9 Å². The number of fused-ring (bicyclic) bond motifs is 1. The number of nitrogens with one attached hydrogen (secondary N) is 1. The molecule has 1 aliphatic rings. The van der Waals surface area contributed by atoms with Gasteiger partial charge in [0, 0.05) is 30.0 Å². The molecule has 0 aliphatic carbocycles. The fourth-order valence-electron chi connectivity index (χ4n) is 3.98. The fraction of sp³-hybridized carbons (Fsp3) is 0.167. The summed E-state index contributed by atoms with van der Waals surface area (Å²) in [6, 6.07) is 19.5. The van der Waals surface area contributed by atoms with Crippen molar-refractivity contribution in [3.8, 4) is 5.69 Å². The Balaban J connectivity index is 1.37. The highest BCUT2D eigenvalue weighted by atomic mass is 35.5. The third kappa shape index (κ3) is 4.13. The van der Waals surface area contributed by atoms with E-state index in [1.807, 2.05) is 41.0 Å². The predicted molar refractivity (Wildman–Crippen MR) is 128 cm³/mol. The number of benzene rings is 3. The third-order valence-electron chi connectivity index (χ3n) is 5.73. The van der Waals surface area contributed by atoms with Crippen molar-refractivity contribution in [2.24, 2.45) is 0 Å². The second-order valence-electron chi connectivity index (χ2n) is 7.86. The number of carbonyl (C=O) groups excluding carboxylic acids is 1. The van der Waals surface area contributed by atoms with Gasteiger partial charge in [0.05, 0.1) is 16.1 Å². The summed E-state index contributed by atoms with van der Waals surface area (Å²) in [7, 11) is -3.73. The van der Waals surface area contributed by atoms with Crippen LogP contribution in [0.2, 0.25) is 5.02 Å². The zero-order valence-electron chi connectivity index (χ0n) is 17.6. The largest absolute Gasteiger partial charge is 0.322 e. The molecule has 3 aromatic carbocycles. The van der Waals surface area contributed by atoms with E-state index in [9.17, 15) is 13.2 Å². The molecule has 4 aromatic rings. The van der Waals surface area contributed by atoms with Crippen LogP contribution in [0.25, 0.3) is 16.7 Å². The Kier molecular flexibility index (Phi) is 5.65. The second-order valence-corrected chi connectivity index (χ2v) is 10.2. The van der Waals surface area contributed by atoms with Crippen LogP contribution in [0, 0.1) is 0 Å². The first-order chi connectivity index (χ1) is 15.9. The highest BCUT2D eigenvalue weighted by Gasteiger charge is 2.29. The lowest BCUT2D eigenvalue weighted by Gasteiger charge is -2.17. The van der Waals surface area contributed by atoms with Gasteiger partial charge in [-0.2, -0.15) is 4.31 Å². The highest BCUT2D eigenvalue weighted by molar-refractivity contribution is 7.89. The number of para-hydroxylation sites is 2. The first-order valence-electron chi connectivity index (χ1n) is 10.6. The van der Waals surface area contributed by atoms with Gasteiger partial charge in [-0.25, -0.2) is 13.4 Å². The number of sulfonamides is 1. The van der Waals surface area contributed by atoms with Crippen LogP contribution in [0.4, 0.5) is 5.69 Å². The average molecular weight is 481 g/mol. The molecule has 0 unspecified atom stereocenters. The number of nitrogens with zero attached hydrogens (tertiary/aromatic N) is 3. The van der Waals surface area contributed by atoms with Gasteiger partial charge in [0.1, 0.15) is 11.2 Å². The lowest BCUT2D eigenvalue weighted by Crippen LogP contribution is -2.28. The second kappa shape index (κ2) is 8.62. The van der Waals surface area contributed by atoms with Crippen LogP contribution in [0.15, 0.2) is 78.0 Å². The molecule has 1 fully saturated rings. The maximum Gasteiger partial charge on any atom is 0.255 e. The van der Waals surface area contributed by atoms with E-state index >= 15 is 0 Å². The Morgan fingerprint density at radius 2 is 1.70 bits per heavy atom. The highest BCUT2D eigenvalue weighted by Crippen LogP contribution is 2.28. The Bertz CT molecular complexity index is 1440. The van der Waals surface area contributed by atoms with Gasteiger partial charge >= 0.3 is 0 Å². The van der Waals surface area contributed by atoms with E-state index in [0.29, 0.717) is 18.8 Å². The standard InChI is InChI=1S/C24H21ClN4O3S/c25-20-12-7-17(15-23(20)33(31,32)28-13-3-4-14-28)24(30)27-18-8-10-19(11-9-18)29-16-26-21-5-1-2-6-22(21)29/h1-2,5-12,15-16H,3-4,13-14H2,(H,27,30). The Hall–Kier alpha value is -3.20. The van der Waals surface area contributed by atoms with Gasteiger partial charge in [-0.15, -0.1) is 0 Å². The SMILES string of the molecule is O=C(Nc1ccc(-n2cnc3ccccc32)cc1)c1ccc(Cl)c(S(=O)(=O)N2CCCC2)c1. The van der Waals surface area contributed by atoms with Crippen molar-refractivity contribution in [1.82, 2.24) is 13.9 Å². The van der Waals surface area contributed by atoms with Gasteiger partial charge in [0.15, 0.2) is 0 Å². The number of halogens is 1. The molecule has 1 saturated heterocycles. The summed E-state index contributed by atoms with van der Waals surface area (Å²) in [4.78, 5) is 17.2. The molecule has 1 amide bonds. The summed E-state index contributed by atoms with van der Waals surface area (Å²) >= 11 is 6.19. The molecule has 9 heteroatoms. The van der Waals surface area contributed by atoms with E-state index in [1.54, 1.807) is 18.5 Å². The molecular weight excluding hydrogens is 460 g/mol. The summed E-state index contributed by atoms with van der Waals surface area (Å²) in [6.07, 6.45) is 3.40. The van der Waals surface area contributed by atoms with Crippen LogP contribution < -0.4 is 5.32 Å². The van der Waals surface area contributed by atoms with Crippen LogP contribution >= 0.6 is 11.6 Å². The molecule has 168 valence electrons. The number of rotatable bonds is 5. The lowest BCUT2D eigenvalue weighted by atomic mass is 10.2. The summed E-state index contributed by atoms with van der Waals surface area (Å²) < 4.78 is 29.2. The third-order valence-corrected chi connectivity index (χ3v) is 8.11. The summed E-state index contributed by atoms with van der Waals surface area (Å²) in [6.45, 7) is 0.932. The molecule has 1 aliphatic heterocycles. The van der Waals surface area contributed by atoms with Gasteiger partial charge in [-0.1, -0.05) is 23.7 Å². The smallest absolute Gasteiger partial charge is 0.255 e. The van der Waals surface area contributed by atoms with Crippen LogP contribution in [0.3, 0.4) is 0 Å². The summed E-state index contributed by atoms with van der Waals surface area (Å²) in [5.41, 5.74) is 3.61. The fourth-order valence-corrected chi connectivity index (χ4v) is 6.00. The van der Waals surface area contributed by atoms with Crippen molar-refractivity contribution in [2.75, 3.05) is 18.4 Å². The zero-order chi connectivity index (χ0) is 23.0. The molecule has 0 atom stereocenters. The Morgan fingerprint density at radius 3 is 2.45 bits per heavy atom. The number of aromatic nitrogens is 2. The molecular formula is C24H21ClN4O3S. The molecule has 1 aromatic heterocycles. The van der Waals surface area contributed by atoms with Crippen molar-refractivity contribution in [2.45, 2.75) is 17.7 Å². The number of hydrogen-bond acceptors (Lipinski definition) is 4. The average Bonchev–Trinajstić information content (AvgIpc) is 3.51. The maximum atomic E-state index is 12.9. The number of anilines is 1. The van der Waals surface area contributed by atoms with Crippen LogP contribution in [0.1, 0.15) is 23.2 Å². The predicted octanol–water partition coefficient (Wildman–Crippen LogP) is 4.72. The molecule has 5 rings (SSSR count).